The quantitative estimate of drug-likeness (QED) is 0.894. The maximum Gasteiger partial charge on any atom is 0.136 e. The number of nitrogens with zero attached hydrogens (tertiary/aromatic N) is 2. The summed E-state index contributed by atoms with van der Waals surface area (Å²) in [5.74, 6) is 0.879. The van der Waals surface area contributed by atoms with Gasteiger partial charge in [0.2, 0.25) is 0 Å². The zero-order valence-electron chi connectivity index (χ0n) is 13.2. The lowest BCUT2D eigenvalue weighted by Gasteiger charge is -2.32. The van der Waals surface area contributed by atoms with Crippen LogP contribution in [-0.4, -0.2) is 50.5 Å². The summed E-state index contributed by atoms with van der Waals surface area (Å²) in [6, 6.07) is 6.11. The summed E-state index contributed by atoms with van der Waals surface area (Å²) in [6.45, 7) is 5.73. The zero-order chi connectivity index (χ0) is 14.9. The SMILES string of the molecule is CCOc1ccc2c(c1)C(C)(CCN(C)C)C(O)N2C. The number of fused-ring (bicyclic) bond motifs is 1. The van der Waals surface area contributed by atoms with E-state index in [1.807, 2.05) is 31.0 Å². The summed E-state index contributed by atoms with van der Waals surface area (Å²) in [4.78, 5) is 4.11. The van der Waals surface area contributed by atoms with Crippen molar-refractivity contribution in [3.05, 3.63) is 23.8 Å². The maximum absolute atomic E-state index is 10.6. The number of benzene rings is 1. The van der Waals surface area contributed by atoms with Crippen molar-refractivity contribution in [1.82, 2.24) is 4.90 Å². The van der Waals surface area contributed by atoms with Crippen molar-refractivity contribution in [1.29, 1.82) is 0 Å². The van der Waals surface area contributed by atoms with Crippen LogP contribution in [0.25, 0.3) is 0 Å². The Balaban J connectivity index is 2.37. The van der Waals surface area contributed by atoms with Crippen LogP contribution in [-0.2, 0) is 5.41 Å². The minimum Gasteiger partial charge on any atom is -0.494 e. The fourth-order valence-corrected chi connectivity index (χ4v) is 2.95. The third-order valence-electron chi connectivity index (χ3n) is 4.29. The van der Waals surface area contributed by atoms with Crippen LogP contribution in [0.5, 0.6) is 5.75 Å². The fraction of sp³-hybridized carbons (Fsp3) is 0.625. The molecule has 0 saturated heterocycles. The molecule has 1 aliphatic rings. The molecule has 4 nitrogen and oxygen atoms in total. The van der Waals surface area contributed by atoms with E-state index in [0.29, 0.717) is 6.61 Å². The number of rotatable bonds is 5. The molecular formula is C16H26N2O2. The highest BCUT2D eigenvalue weighted by molar-refractivity contribution is 5.64. The first-order valence-electron chi connectivity index (χ1n) is 7.23. The highest BCUT2D eigenvalue weighted by atomic mass is 16.5. The molecule has 112 valence electrons. The molecule has 2 atom stereocenters. The average Bonchev–Trinajstić information content (AvgIpc) is 2.60. The summed E-state index contributed by atoms with van der Waals surface area (Å²) in [5, 5.41) is 10.6. The van der Waals surface area contributed by atoms with Gasteiger partial charge in [-0.1, -0.05) is 6.92 Å². The molecule has 4 heteroatoms. The minimum absolute atomic E-state index is 0.262. The van der Waals surface area contributed by atoms with Gasteiger partial charge in [0.25, 0.3) is 0 Å². The Bertz CT molecular complexity index is 476. The summed E-state index contributed by atoms with van der Waals surface area (Å²) in [6.07, 6.45) is 0.419. The van der Waals surface area contributed by atoms with Gasteiger partial charge in [0.15, 0.2) is 0 Å². The summed E-state index contributed by atoms with van der Waals surface area (Å²) >= 11 is 0. The van der Waals surface area contributed by atoms with Gasteiger partial charge in [-0.2, -0.15) is 0 Å². The number of hydrogen-bond acceptors (Lipinski definition) is 4. The standard InChI is InChI=1S/C16H26N2O2/c1-6-20-12-7-8-14-13(11-12)16(2,9-10-17(3)4)15(19)18(14)5/h7-8,11,15,19H,6,9-10H2,1-5H3. The van der Waals surface area contributed by atoms with Crippen LogP contribution in [0.4, 0.5) is 5.69 Å². The first-order chi connectivity index (χ1) is 9.40. The normalized spacial score (nSPS) is 25.1. The Hall–Kier alpha value is -1.26. The molecular weight excluding hydrogens is 252 g/mol. The van der Waals surface area contributed by atoms with Gasteiger partial charge in [0.1, 0.15) is 12.0 Å². The second-order valence-electron chi connectivity index (χ2n) is 6.07. The van der Waals surface area contributed by atoms with Crippen molar-refractivity contribution in [3.8, 4) is 5.75 Å². The summed E-state index contributed by atoms with van der Waals surface area (Å²) in [7, 11) is 6.07. The van der Waals surface area contributed by atoms with Crippen molar-refractivity contribution in [2.24, 2.45) is 0 Å². The van der Waals surface area contributed by atoms with Crippen molar-refractivity contribution in [3.63, 3.8) is 0 Å². The molecule has 2 rings (SSSR count). The lowest BCUT2D eigenvalue weighted by atomic mass is 9.79. The lowest BCUT2D eigenvalue weighted by molar-refractivity contribution is 0.0931. The lowest BCUT2D eigenvalue weighted by Crippen LogP contribution is -2.42. The van der Waals surface area contributed by atoms with Crippen LogP contribution in [0.15, 0.2) is 18.2 Å². The Kier molecular flexibility index (Phi) is 4.25. The molecule has 20 heavy (non-hydrogen) atoms. The highest BCUT2D eigenvalue weighted by Crippen LogP contribution is 2.47. The maximum atomic E-state index is 10.6. The highest BCUT2D eigenvalue weighted by Gasteiger charge is 2.45. The third kappa shape index (κ3) is 2.50. The van der Waals surface area contributed by atoms with E-state index >= 15 is 0 Å². The molecule has 0 amide bonds. The van der Waals surface area contributed by atoms with Gasteiger partial charge >= 0.3 is 0 Å². The van der Waals surface area contributed by atoms with Crippen molar-refractivity contribution in [2.45, 2.75) is 31.9 Å². The Morgan fingerprint density at radius 2 is 2.10 bits per heavy atom. The number of aliphatic hydroxyl groups is 1. The molecule has 0 aromatic heterocycles. The van der Waals surface area contributed by atoms with Crippen LogP contribution in [0, 0.1) is 0 Å². The number of hydrogen-bond donors (Lipinski definition) is 1. The Morgan fingerprint density at radius 3 is 2.70 bits per heavy atom. The van der Waals surface area contributed by atoms with Gasteiger partial charge in [-0.15, -0.1) is 0 Å². The second kappa shape index (κ2) is 5.62. The Morgan fingerprint density at radius 1 is 1.40 bits per heavy atom. The Labute approximate surface area is 122 Å². The first-order valence-corrected chi connectivity index (χ1v) is 7.23. The number of anilines is 1. The molecule has 1 heterocycles. The summed E-state index contributed by atoms with van der Waals surface area (Å²) < 4.78 is 5.61. The van der Waals surface area contributed by atoms with Crippen LogP contribution in [0.1, 0.15) is 25.8 Å². The van der Waals surface area contributed by atoms with E-state index in [0.717, 1.165) is 24.4 Å². The van der Waals surface area contributed by atoms with E-state index in [9.17, 15) is 5.11 Å². The minimum atomic E-state index is -0.491. The van der Waals surface area contributed by atoms with Gasteiger partial charge in [-0.3, -0.25) is 0 Å². The van der Waals surface area contributed by atoms with Crippen molar-refractivity contribution in [2.75, 3.05) is 39.2 Å². The third-order valence-corrected chi connectivity index (χ3v) is 4.29. The van der Waals surface area contributed by atoms with E-state index in [2.05, 4.69) is 32.0 Å². The molecule has 0 spiro atoms. The zero-order valence-corrected chi connectivity index (χ0v) is 13.2. The smallest absolute Gasteiger partial charge is 0.136 e. The molecule has 0 fully saturated rings. The van der Waals surface area contributed by atoms with E-state index in [-0.39, 0.29) is 5.41 Å². The van der Waals surface area contributed by atoms with E-state index < -0.39 is 6.23 Å². The van der Waals surface area contributed by atoms with Gasteiger partial charge < -0.3 is 19.6 Å². The first kappa shape index (κ1) is 15.1. The van der Waals surface area contributed by atoms with Gasteiger partial charge in [0.05, 0.1) is 6.61 Å². The average molecular weight is 278 g/mol. The molecule has 0 bridgehead atoms. The second-order valence-corrected chi connectivity index (χ2v) is 6.07. The topological polar surface area (TPSA) is 35.9 Å². The van der Waals surface area contributed by atoms with Crippen LogP contribution < -0.4 is 9.64 Å². The van der Waals surface area contributed by atoms with Crippen molar-refractivity contribution < 1.29 is 9.84 Å². The molecule has 2 unspecified atom stereocenters. The van der Waals surface area contributed by atoms with Gasteiger partial charge in [0, 0.05) is 18.2 Å². The molecule has 0 aliphatic carbocycles. The monoisotopic (exact) mass is 278 g/mol. The molecule has 1 aromatic carbocycles. The largest absolute Gasteiger partial charge is 0.494 e. The number of ether oxygens (including phenoxy) is 1. The van der Waals surface area contributed by atoms with E-state index in [1.54, 1.807) is 0 Å². The van der Waals surface area contributed by atoms with Crippen molar-refractivity contribution >= 4 is 5.69 Å². The van der Waals surface area contributed by atoms with Gasteiger partial charge in [-0.05, 0) is 57.7 Å². The molecule has 0 saturated carbocycles. The predicted molar refractivity (Wildman–Crippen MR) is 82.5 cm³/mol. The van der Waals surface area contributed by atoms with E-state index in [4.69, 9.17) is 4.74 Å². The number of aliphatic hydroxyl groups excluding tert-OH is 1. The molecule has 1 aromatic rings. The van der Waals surface area contributed by atoms with E-state index in [1.165, 1.54) is 5.56 Å². The fourth-order valence-electron chi connectivity index (χ4n) is 2.95. The van der Waals surface area contributed by atoms with Crippen LogP contribution >= 0.6 is 0 Å². The molecule has 1 aliphatic heterocycles. The number of likely N-dealkylation sites (N-methyl/N-ethyl adjacent to an activating group) is 1. The van der Waals surface area contributed by atoms with Gasteiger partial charge in [-0.25, -0.2) is 0 Å². The predicted octanol–water partition coefficient (Wildman–Crippen LogP) is 2.06. The molecule has 0 radical (unpaired) electrons. The van der Waals surface area contributed by atoms with Crippen LogP contribution in [0.2, 0.25) is 0 Å². The summed E-state index contributed by atoms with van der Waals surface area (Å²) in [5.41, 5.74) is 2.02. The molecule has 1 N–H and O–H groups in total. The van der Waals surface area contributed by atoms with Crippen LogP contribution in [0.3, 0.4) is 0 Å².